The van der Waals surface area contributed by atoms with Crippen molar-refractivity contribution >= 4 is 82.5 Å². The Bertz CT molecular complexity index is 3060. The molecule has 97 heavy (non-hydrogen) atoms. The minimum atomic E-state index is -4.65. The number of halogens is 4. The van der Waals surface area contributed by atoms with Gasteiger partial charge in [0.1, 0.15) is 48.3 Å². The summed E-state index contributed by atoms with van der Waals surface area (Å²) in [4.78, 5) is 184. The zero-order valence-electron chi connectivity index (χ0n) is 58.9. The smallest absolute Gasteiger partial charge is 0.379 e. The number of carbonyl (C=O) groups is 12. The highest BCUT2D eigenvalue weighted by molar-refractivity contribution is 6.30. The summed E-state index contributed by atoms with van der Waals surface area (Å²) >= 11 is 6.21. The highest BCUT2D eigenvalue weighted by atomic mass is 35.5. The number of aryl methyl sites for hydroxylation is 1. The SMILES string of the molecule is CCCOC[C@H]1C(=O)N(C)[C@@H](CC(C)C)C(=O)N[C@H](C(=O)N2CCCC2)CC(=O)N(C)[C@@H](C)C(=O)N[C@@H]([C@@H](C)CC)C(=O)N(C)CC(=O)N(C)CC(=O)N(C)[C@@H](Cc2ccc(Cl)cc2)C(=O)N(C)CC(=O)N[C@@H](CCc2ccc(C(F)(F)F)cc2)C(=O)N[C@@H](CC(C)C)C(=O)N1C. The van der Waals surface area contributed by atoms with Gasteiger partial charge in [-0.2, -0.15) is 13.2 Å². The van der Waals surface area contributed by atoms with Gasteiger partial charge in [-0.25, -0.2) is 0 Å². The molecular weight excluding hydrogens is 1290 g/mol. The summed E-state index contributed by atoms with van der Waals surface area (Å²) in [6, 6.07) is -0.415. The van der Waals surface area contributed by atoms with E-state index in [2.05, 4.69) is 21.3 Å². The first kappa shape index (κ1) is 81.5. The number of alkyl halides is 3. The Morgan fingerprint density at radius 3 is 1.72 bits per heavy atom. The standard InChI is InChI=1S/C68H102ClF3N12O13/c1-16-32-97-40-54-66(95)82(14)52(34-42(5)6)62(91)75-51(64(93)84-30-18-19-31-84)36-56(86)80(12)44(8)60(89)76-59(43(7)17-2)67(96)79(11)38-57(87)77(9)39-58(88)81(13)53(35-46-22-27-48(69)28-23-46)65(94)78(10)37-55(85)73-49(29-24-45-20-25-47(26-21-45)68(70,71)72)61(90)74-50(33-41(3)4)63(92)83(54)15/h20-23,25-28,41-44,49-54,59H,16-19,24,29-40H2,1-15H3,(H,73,85)(H,74,90)(H,75,91)(H,76,89)/t43-,44-,49-,50-,51-,52-,53-,54-,59-/m0/s1. The fraction of sp³-hybridized carbons (Fsp3) is 0.647. The molecule has 0 saturated carbocycles. The van der Waals surface area contributed by atoms with E-state index in [4.69, 9.17) is 16.3 Å². The molecule has 29 heteroatoms. The van der Waals surface area contributed by atoms with Crippen LogP contribution in [0.5, 0.6) is 0 Å². The van der Waals surface area contributed by atoms with E-state index < -0.39 is 163 Å². The minimum Gasteiger partial charge on any atom is -0.379 e. The van der Waals surface area contributed by atoms with Crippen molar-refractivity contribution in [2.24, 2.45) is 17.8 Å². The van der Waals surface area contributed by atoms with Crippen LogP contribution < -0.4 is 21.3 Å². The molecule has 2 aromatic rings. The first-order chi connectivity index (χ1) is 45.4. The van der Waals surface area contributed by atoms with Crippen LogP contribution in [0.4, 0.5) is 13.2 Å². The Labute approximate surface area is 573 Å². The number of likely N-dealkylation sites (N-methyl/N-ethyl adjacent to an activating group) is 7. The zero-order valence-corrected chi connectivity index (χ0v) is 59.6. The van der Waals surface area contributed by atoms with Crippen molar-refractivity contribution in [3.63, 3.8) is 0 Å². The summed E-state index contributed by atoms with van der Waals surface area (Å²) in [5.74, 6) is -10.2. The van der Waals surface area contributed by atoms with Gasteiger partial charge in [0.05, 0.1) is 38.2 Å². The molecule has 2 saturated heterocycles. The van der Waals surface area contributed by atoms with E-state index >= 15 is 9.59 Å². The van der Waals surface area contributed by atoms with Crippen LogP contribution in [0.1, 0.15) is 123 Å². The quantitative estimate of drug-likeness (QED) is 0.174. The zero-order chi connectivity index (χ0) is 72.9. The van der Waals surface area contributed by atoms with Crippen LogP contribution in [0.15, 0.2) is 48.5 Å². The summed E-state index contributed by atoms with van der Waals surface area (Å²) in [5.41, 5.74) is -0.0264. The maximum Gasteiger partial charge on any atom is 0.416 e. The Hall–Kier alpha value is -7.88. The molecule has 12 amide bonds. The monoisotopic (exact) mass is 1390 g/mol. The van der Waals surface area contributed by atoms with E-state index in [0.717, 1.165) is 46.4 Å². The van der Waals surface area contributed by atoms with Gasteiger partial charge in [0.2, 0.25) is 70.9 Å². The number of hydrogen-bond acceptors (Lipinski definition) is 13. The van der Waals surface area contributed by atoms with E-state index in [9.17, 15) is 61.1 Å². The predicted octanol–water partition coefficient (Wildman–Crippen LogP) is 3.77. The average Bonchev–Trinajstić information content (AvgIpc) is 1.56. The van der Waals surface area contributed by atoms with Crippen molar-refractivity contribution in [3.8, 4) is 0 Å². The van der Waals surface area contributed by atoms with Gasteiger partial charge >= 0.3 is 6.18 Å². The van der Waals surface area contributed by atoms with Gasteiger partial charge in [-0.05, 0) is 105 Å². The first-order valence-corrected chi connectivity index (χ1v) is 33.6. The highest BCUT2D eigenvalue weighted by Gasteiger charge is 2.42. The van der Waals surface area contributed by atoms with Crippen LogP contribution >= 0.6 is 11.6 Å². The normalized spacial score (nSPS) is 23.9. The fourth-order valence-electron chi connectivity index (χ4n) is 11.3. The topological polar surface area (TPSA) is 288 Å². The molecule has 2 aromatic carbocycles. The van der Waals surface area contributed by atoms with Crippen molar-refractivity contribution in [1.82, 2.24) is 60.5 Å². The van der Waals surface area contributed by atoms with Crippen molar-refractivity contribution in [2.45, 2.75) is 174 Å². The number of hydrogen-bond donors (Lipinski definition) is 4. The number of amides is 12. The van der Waals surface area contributed by atoms with Gasteiger partial charge in [0, 0.05) is 80.5 Å². The molecule has 2 fully saturated rings. The molecule has 25 nitrogen and oxygen atoms in total. The summed E-state index contributed by atoms with van der Waals surface area (Å²) in [6.45, 7) is 12.4. The van der Waals surface area contributed by atoms with Crippen LogP contribution in [0.25, 0.3) is 0 Å². The van der Waals surface area contributed by atoms with Crippen molar-refractivity contribution < 1.29 is 75.4 Å². The number of likely N-dealkylation sites (tertiary alicyclic amines) is 1. The van der Waals surface area contributed by atoms with Gasteiger partial charge < -0.3 is 65.2 Å². The maximum absolute atomic E-state index is 15.2. The molecule has 4 rings (SSSR count). The van der Waals surface area contributed by atoms with Crippen LogP contribution in [-0.2, 0) is 81.3 Å². The summed E-state index contributed by atoms with van der Waals surface area (Å²) in [6.07, 6.45) is -3.53. The summed E-state index contributed by atoms with van der Waals surface area (Å²) < 4.78 is 46.9. The van der Waals surface area contributed by atoms with Gasteiger partial charge in [0.15, 0.2) is 0 Å². The van der Waals surface area contributed by atoms with E-state index in [1.54, 1.807) is 65.8 Å². The number of ether oxygens (including phenoxy) is 1. The van der Waals surface area contributed by atoms with Crippen LogP contribution in [0.2, 0.25) is 5.02 Å². The molecule has 4 N–H and O–H groups in total. The molecular formula is C68H102ClF3N12O13. The molecule has 2 heterocycles. The molecule has 0 radical (unpaired) electrons. The second-order valence-electron chi connectivity index (χ2n) is 26.5. The third-order valence-corrected chi connectivity index (χ3v) is 18.1. The Morgan fingerprint density at radius 2 is 1.15 bits per heavy atom. The Balaban J connectivity index is 1.89. The third kappa shape index (κ3) is 24.0. The number of rotatable bonds is 16. The number of nitrogens with zero attached hydrogens (tertiary/aromatic N) is 8. The molecule has 2 aliphatic rings. The molecule has 0 spiro atoms. The third-order valence-electron chi connectivity index (χ3n) is 17.8. The number of carbonyl (C=O) groups excluding carboxylic acids is 12. The number of nitrogens with one attached hydrogen (secondary N) is 4. The van der Waals surface area contributed by atoms with Crippen LogP contribution in [-0.4, -0.2) is 254 Å². The second kappa shape index (κ2) is 37.7. The molecule has 9 atom stereocenters. The maximum atomic E-state index is 15.2. The molecule has 2 aliphatic heterocycles. The van der Waals surface area contributed by atoms with Gasteiger partial charge in [-0.1, -0.05) is 90.8 Å². The molecule has 540 valence electrons. The van der Waals surface area contributed by atoms with E-state index in [0.29, 0.717) is 54.9 Å². The molecule has 0 bridgehead atoms. The highest BCUT2D eigenvalue weighted by Crippen LogP contribution is 2.30. The van der Waals surface area contributed by atoms with Crippen molar-refractivity contribution in [2.75, 3.05) is 95.3 Å². The fourth-order valence-corrected chi connectivity index (χ4v) is 11.4. The Morgan fingerprint density at radius 1 is 0.588 bits per heavy atom. The summed E-state index contributed by atoms with van der Waals surface area (Å²) in [5, 5.41) is 11.3. The lowest BCUT2D eigenvalue weighted by atomic mass is 9.97. The second-order valence-corrected chi connectivity index (χ2v) is 27.0. The predicted molar refractivity (Wildman–Crippen MR) is 357 cm³/mol. The van der Waals surface area contributed by atoms with Crippen molar-refractivity contribution in [3.05, 3.63) is 70.2 Å². The lowest BCUT2D eigenvalue weighted by molar-refractivity contribution is -0.152. The summed E-state index contributed by atoms with van der Waals surface area (Å²) in [7, 11) is 9.30. The van der Waals surface area contributed by atoms with Gasteiger partial charge in [0.25, 0.3) is 0 Å². The molecule has 0 aromatic heterocycles. The Kier molecular flexibility index (Phi) is 31.7. The van der Waals surface area contributed by atoms with Gasteiger partial charge in [-0.3, -0.25) is 57.5 Å². The van der Waals surface area contributed by atoms with E-state index in [1.807, 2.05) is 6.92 Å². The molecule has 0 aliphatic carbocycles. The largest absolute Gasteiger partial charge is 0.416 e. The lowest BCUT2D eigenvalue weighted by Gasteiger charge is -2.37. The van der Waals surface area contributed by atoms with E-state index in [-0.39, 0.29) is 57.2 Å². The molecule has 0 unspecified atom stereocenters. The minimum absolute atomic E-state index is 0.0242. The lowest BCUT2D eigenvalue weighted by Crippen LogP contribution is -2.61. The van der Waals surface area contributed by atoms with Gasteiger partial charge in [-0.15, -0.1) is 0 Å². The number of benzene rings is 2. The van der Waals surface area contributed by atoms with Crippen LogP contribution in [0.3, 0.4) is 0 Å². The average molecular weight is 1390 g/mol. The van der Waals surface area contributed by atoms with Crippen molar-refractivity contribution in [1.29, 1.82) is 0 Å². The van der Waals surface area contributed by atoms with E-state index in [1.165, 1.54) is 73.3 Å². The van der Waals surface area contributed by atoms with Crippen LogP contribution in [0, 0.1) is 17.8 Å². The first-order valence-electron chi connectivity index (χ1n) is 33.2.